The van der Waals surface area contributed by atoms with E-state index in [1.54, 1.807) is 6.07 Å². The normalized spacial score (nSPS) is 11.2. The van der Waals surface area contributed by atoms with Crippen molar-refractivity contribution in [3.8, 4) is 0 Å². The summed E-state index contributed by atoms with van der Waals surface area (Å²) < 4.78 is 19.4. The van der Waals surface area contributed by atoms with Crippen LogP contribution >= 0.6 is 0 Å². The van der Waals surface area contributed by atoms with E-state index in [1.165, 1.54) is 18.5 Å². The molecule has 0 atom stereocenters. The summed E-state index contributed by atoms with van der Waals surface area (Å²) >= 11 is 0. The van der Waals surface area contributed by atoms with Crippen molar-refractivity contribution in [2.75, 3.05) is 11.9 Å². The summed E-state index contributed by atoms with van der Waals surface area (Å²) in [4.78, 5) is 10.4. The SMILES string of the molecule is CN(Cc1cc2ccccc2o1)c1ncnc2ccc(F)cc12. The second kappa shape index (κ2) is 5.35. The van der Waals surface area contributed by atoms with Crippen molar-refractivity contribution >= 4 is 27.7 Å². The lowest BCUT2D eigenvalue weighted by Crippen LogP contribution is -2.17. The van der Waals surface area contributed by atoms with Gasteiger partial charge in [-0.3, -0.25) is 0 Å². The summed E-state index contributed by atoms with van der Waals surface area (Å²) in [7, 11) is 1.90. The van der Waals surface area contributed by atoms with Gasteiger partial charge in [-0.15, -0.1) is 0 Å². The molecule has 0 saturated carbocycles. The highest BCUT2D eigenvalue weighted by molar-refractivity contribution is 5.89. The van der Waals surface area contributed by atoms with Crippen LogP contribution < -0.4 is 4.90 Å². The molecule has 0 aliphatic rings. The average Bonchev–Trinajstić information content (AvgIpc) is 2.96. The number of fused-ring (bicyclic) bond motifs is 2. The molecule has 0 amide bonds. The highest BCUT2D eigenvalue weighted by atomic mass is 19.1. The third-order valence-electron chi connectivity index (χ3n) is 3.81. The Morgan fingerprint density at radius 2 is 1.96 bits per heavy atom. The van der Waals surface area contributed by atoms with Crippen LogP contribution in [-0.2, 0) is 6.54 Å². The molecule has 0 spiro atoms. The summed E-state index contributed by atoms with van der Waals surface area (Å²) in [5, 5.41) is 1.75. The Bertz CT molecular complexity index is 963. The third-order valence-corrected chi connectivity index (χ3v) is 3.81. The maximum atomic E-state index is 13.6. The fourth-order valence-electron chi connectivity index (χ4n) is 2.74. The van der Waals surface area contributed by atoms with Crippen LogP contribution in [0.5, 0.6) is 0 Å². The predicted octanol–water partition coefficient (Wildman–Crippen LogP) is 4.15. The summed E-state index contributed by atoms with van der Waals surface area (Å²) in [5.41, 5.74) is 1.57. The summed E-state index contributed by atoms with van der Waals surface area (Å²) in [5.74, 6) is 1.21. The van der Waals surface area contributed by atoms with E-state index < -0.39 is 0 Å². The van der Waals surface area contributed by atoms with Crippen LogP contribution in [0.15, 0.2) is 59.3 Å². The standard InChI is InChI=1S/C18H14FN3O/c1-22(10-14-8-12-4-2-3-5-17(12)23-14)18-15-9-13(19)6-7-16(15)20-11-21-18/h2-9,11H,10H2,1H3. The molecule has 0 aliphatic carbocycles. The molecule has 0 unspecified atom stereocenters. The Hall–Kier alpha value is -2.95. The zero-order chi connectivity index (χ0) is 15.8. The minimum Gasteiger partial charge on any atom is -0.459 e. The molecule has 5 heteroatoms. The van der Waals surface area contributed by atoms with Crippen molar-refractivity contribution in [2.24, 2.45) is 0 Å². The lowest BCUT2D eigenvalue weighted by Gasteiger charge is -2.18. The quantitative estimate of drug-likeness (QED) is 0.570. The minimum absolute atomic E-state index is 0.300. The van der Waals surface area contributed by atoms with Gasteiger partial charge in [0.05, 0.1) is 12.1 Å². The van der Waals surface area contributed by atoms with E-state index >= 15 is 0 Å². The molecule has 2 aromatic heterocycles. The Balaban J connectivity index is 1.71. The van der Waals surface area contributed by atoms with E-state index in [1.807, 2.05) is 42.3 Å². The van der Waals surface area contributed by atoms with E-state index in [-0.39, 0.29) is 5.82 Å². The lowest BCUT2D eigenvalue weighted by atomic mass is 10.2. The Morgan fingerprint density at radius 1 is 1.09 bits per heavy atom. The first-order chi connectivity index (χ1) is 11.2. The molecule has 0 fully saturated rings. The molecule has 114 valence electrons. The Morgan fingerprint density at radius 3 is 2.83 bits per heavy atom. The molecule has 0 N–H and O–H groups in total. The van der Waals surface area contributed by atoms with Gasteiger partial charge < -0.3 is 9.32 Å². The molecule has 0 radical (unpaired) electrons. The molecular weight excluding hydrogens is 293 g/mol. The van der Waals surface area contributed by atoms with Gasteiger partial charge in [-0.1, -0.05) is 18.2 Å². The van der Waals surface area contributed by atoms with Gasteiger partial charge >= 0.3 is 0 Å². The fourth-order valence-corrected chi connectivity index (χ4v) is 2.74. The van der Waals surface area contributed by atoms with Crippen LogP contribution in [-0.4, -0.2) is 17.0 Å². The molecular formula is C18H14FN3O. The van der Waals surface area contributed by atoms with Gasteiger partial charge in [0.25, 0.3) is 0 Å². The van der Waals surface area contributed by atoms with Crippen molar-refractivity contribution in [2.45, 2.75) is 6.54 Å². The Labute approximate surface area is 132 Å². The number of hydrogen-bond donors (Lipinski definition) is 0. The number of halogens is 1. The highest BCUT2D eigenvalue weighted by Crippen LogP contribution is 2.25. The van der Waals surface area contributed by atoms with E-state index in [0.29, 0.717) is 23.3 Å². The number of benzene rings is 2. The van der Waals surface area contributed by atoms with Crippen LogP contribution in [0.25, 0.3) is 21.9 Å². The number of rotatable bonds is 3. The molecule has 0 bridgehead atoms. The van der Waals surface area contributed by atoms with Gasteiger partial charge in [0.2, 0.25) is 0 Å². The topological polar surface area (TPSA) is 42.2 Å². The summed E-state index contributed by atoms with van der Waals surface area (Å²) in [6.07, 6.45) is 1.49. The molecule has 2 heterocycles. The molecule has 4 aromatic rings. The van der Waals surface area contributed by atoms with E-state index in [0.717, 1.165) is 16.7 Å². The van der Waals surface area contributed by atoms with E-state index in [9.17, 15) is 4.39 Å². The first kappa shape index (κ1) is 13.7. The molecule has 4 rings (SSSR count). The summed E-state index contributed by atoms with van der Waals surface area (Å²) in [6, 6.07) is 14.4. The molecule has 23 heavy (non-hydrogen) atoms. The maximum Gasteiger partial charge on any atom is 0.140 e. The second-order valence-electron chi connectivity index (χ2n) is 5.47. The first-order valence-corrected chi connectivity index (χ1v) is 7.29. The second-order valence-corrected chi connectivity index (χ2v) is 5.47. The van der Waals surface area contributed by atoms with Crippen molar-refractivity contribution in [1.82, 2.24) is 9.97 Å². The zero-order valence-corrected chi connectivity index (χ0v) is 12.5. The van der Waals surface area contributed by atoms with Crippen molar-refractivity contribution in [3.05, 3.63) is 66.4 Å². The molecule has 4 nitrogen and oxygen atoms in total. The first-order valence-electron chi connectivity index (χ1n) is 7.29. The van der Waals surface area contributed by atoms with E-state index in [2.05, 4.69) is 9.97 Å². The maximum absolute atomic E-state index is 13.6. The van der Waals surface area contributed by atoms with Crippen molar-refractivity contribution < 1.29 is 8.81 Å². The smallest absolute Gasteiger partial charge is 0.140 e. The van der Waals surface area contributed by atoms with E-state index in [4.69, 9.17) is 4.42 Å². The highest BCUT2D eigenvalue weighted by Gasteiger charge is 2.12. The van der Waals surface area contributed by atoms with Gasteiger partial charge in [-0.2, -0.15) is 0 Å². The van der Waals surface area contributed by atoms with Crippen LogP contribution in [0.3, 0.4) is 0 Å². The molecule has 0 saturated heterocycles. The largest absolute Gasteiger partial charge is 0.459 e. The number of aromatic nitrogens is 2. The van der Waals surface area contributed by atoms with Gasteiger partial charge in [0, 0.05) is 17.8 Å². The number of anilines is 1. The fraction of sp³-hybridized carbons (Fsp3) is 0.111. The van der Waals surface area contributed by atoms with Gasteiger partial charge in [0.1, 0.15) is 29.3 Å². The third kappa shape index (κ3) is 2.50. The van der Waals surface area contributed by atoms with Crippen LogP contribution in [0.1, 0.15) is 5.76 Å². The average molecular weight is 307 g/mol. The monoisotopic (exact) mass is 307 g/mol. The van der Waals surface area contributed by atoms with Crippen LogP contribution in [0.4, 0.5) is 10.2 Å². The Kier molecular flexibility index (Phi) is 3.19. The van der Waals surface area contributed by atoms with Gasteiger partial charge in [0.15, 0.2) is 0 Å². The number of hydrogen-bond acceptors (Lipinski definition) is 4. The summed E-state index contributed by atoms with van der Waals surface area (Å²) in [6.45, 7) is 0.539. The molecule has 0 aliphatic heterocycles. The van der Waals surface area contributed by atoms with Crippen molar-refractivity contribution in [3.63, 3.8) is 0 Å². The number of para-hydroxylation sites is 1. The lowest BCUT2D eigenvalue weighted by molar-refractivity contribution is 0.545. The van der Waals surface area contributed by atoms with Gasteiger partial charge in [-0.25, -0.2) is 14.4 Å². The van der Waals surface area contributed by atoms with Gasteiger partial charge in [-0.05, 0) is 30.3 Å². The number of furan rings is 1. The predicted molar refractivity (Wildman–Crippen MR) is 87.8 cm³/mol. The van der Waals surface area contributed by atoms with Crippen LogP contribution in [0, 0.1) is 5.82 Å². The van der Waals surface area contributed by atoms with Crippen molar-refractivity contribution in [1.29, 1.82) is 0 Å². The van der Waals surface area contributed by atoms with Crippen LogP contribution in [0.2, 0.25) is 0 Å². The zero-order valence-electron chi connectivity index (χ0n) is 12.5. The molecule has 2 aromatic carbocycles. The number of nitrogens with zero attached hydrogens (tertiary/aromatic N) is 3. The minimum atomic E-state index is -0.300.